The molecule has 0 radical (unpaired) electrons. The molecular formula is C8H6NO5-. The number of methoxy groups -OCH3 is 1. The molecule has 0 spiro atoms. The van der Waals surface area contributed by atoms with Gasteiger partial charge in [-0.05, 0) is 6.07 Å². The van der Waals surface area contributed by atoms with Crippen molar-refractivity contribution in [2.45, 2.75) is 0 Å². The molecule has 1 aromatic carbocycles. The van der Waals surface area contributed by atoms with Crippen LogP contribution in [0, 0.1) is 10.1 Å². The predicted octanol–water partition coefficient (Wildman–Crippen LogP) is 0.489. The molecule has 6 nitrogen and oxygen atoms in total. The monoisotopic (exact) mass is 196 g/mol. The molecule has 0 bridgehead atoms. The fourth-order valence-electron chi connectivity index (χ4n) is 0.977. The number of benzene rings is 1. The third-order valence-corrected chi connectivity index (χ3v) is 1.64. The molecule has 0 N–H and O–H groups in total. The van der Waals surface area contributed by atoms with E-state index in [-0.39, 0.29) is 17.6 Å². The number of carbonyl (C=O) groups is 1. The Morgan fingerprint density at radius 1 is 1.50 bits per heavy atom. The zero-order valence-electron chi connectivity index (χ0n) is 7.22. The fraction of sp³-hybridized carbons (Fsp3) is 0.125. The Kier molecular flexibility index (Phi) is 2.66. The average Bonchev–Trinajstić information content (AvgIpc) is 2.16. The lowest BCUT2D eigenvalue weighted by Crippen LogP contribution is -2.00. The van der Waals surface area contributed by atoms with E-state index in [0.29, 0.717) is 0 Å². The van der Waals surface area contributed by atoms with E-state index < -0.39 is 16.4 Å². The lowest BCUT2D eigenvalue weighted by atomic mass is 10.2. The van der Waals surface area contributed by atoms with Gasteiger partial charge < -0.3 is 9.84 Å². The molecule has 74 valence electrons. The molecule has 0 fully saturated rings. The summed E-state index contributed by atoms with van der Waals surface area (Å²) in [7, 11) is 1.22. The van der Waals surface area contributed by atoms with Crippen LogP contribution < -0.4 is 9.84 Å². The number of aldehydes is 1. The van der Waals surface area contributed by atoms with Crippen molar-refractivity contribution < 1.29 is 19.6 Å². The highest BCUT2D eigenvalue weighted by Crippen LogP contribution is 2.30. The number of nitro groups is 1. The third kappa shape index (κ3) is 1.63. The molecule has 0 saturated heterocycles. The van der Waals surface area contributed by atoms with Crippen LogP contribution in [0.25, 0.3) is 0 Å². The van der Waals surface area contributed by atoms with Gasteiger partial charge in [0.05, 0.1) is 23.7 Å². The Bertz CT molecular complexity index is 388. The quantitative estimate of drug-likeness (QED) is 0.398. The topological polar surface area (TPSA) is 92.5 Å². The van der Waals surface area contributed by atoms with E-state index in [1.807, 2.05) is 0 Å². The van der Waals surface area contributed by atoms with Crippen molar-refractivity contribution in [3.05, 3.63) is 27.8 Å². The first-order valence-electron chi connectivity index (χ1n) is 3.58. The first-order valence-corrected chi connectivity index (χ1v) is 3.58. The van der Waals surface area contributed by atoms with Crippen molar-refractivity contribution in [1.82, 2.24) is 0 Å². The minimum Gasteiger partial charge on any atom is -0.870 e. The molecule has 0 aliphatic carbocycles. The van der Waals surface area contributed by atoms with E-state index in [0.717, 1.165) is 12.1 Å². The van der Waals surface area contributed by atoms with Crippen molar-refractivity contribution >= 4 is 12.0 Å². The third-order valence-electron chi connectivity index (χ3n) is 1.64. The molecule has 14 heavy (non-hydrogen) atoms. The molecular weight excluding hydrogens is 190 g/mol. The van der Waals surface area contributed by atoms with Crippen molar-refractivity contribution in [2.24, 2.45) is 0 Å². The Balaban J connectivity index is 3.39. The van der Waals surface area contributed by atoms with Crippen LogP contribution in [-0.4, -0.2) is 18.3 Å². The maximum atomic E-state index is 11.1. The minimum absolute atomic E-state index is 0.151. The van der Waals surface area contributed by atoms with Crippen LogP contribution in [0.3, 0.4) is 0 Å². The van der Waals surface area contributed by atoms with E-state index in [2.05, 4.69) is 4.74 Å². The lowest BCUT2D eigenvalue weighted by molar-refractivity contribution is -0.385. The number of hydrogen-bond donors (Lipinski definition) is 0. The van der Waals surface area contributed by atoms with E-state index in [1.54, 1.807) is 0 Å². The highest BCUT2D eigenvalue weighted by Gasteiger charge is 2.14. The van der Waals surface area contributed by atoms with Crippen LogP contribution in [0.2, 0.25) is 0 Å². The minimum atomic E-state index is -0.744. The van der Waals surface area contributed by atoms with Crippen LogP contribution in [0.15, 0.2) is 12.1 Å². The zero-order chi connectivity index (χ0) is 10.7. The molecule has 0 atom stereocenters. The summed E-state index contributed by atoms with van der Waals surface area (Å²) in [5.41, 5.74) is -0.683. The molecule has 0 aromatic heterocycles. The summed E-state index contributed by atoms with van der Waals surface area (Å²) in [5, 5.41) is 21.5. The maximum Gasteiger partial charge on any atom is 0.283 e. The van der Waals surface area contributed by atoms with Gasteiger partial charge in [0.15, 0.2) is 6.29 Å². The lowest BCUT2D eigenvalue weighted by Gasteiger charge is -2.11. The Morgan fingerprint density at radius 3 is 2.57 bits per heavy atom. The molecule has 1 rings (SSSR count). The normalized spacial score (nSPS) is 9.50. The Hall–Kier alpha value is -2.11. The summed E-state index contributed by atoms with van der Waals surface area (Å²) in [4.78, 5) is 20.1. The number of carbonyl (C=O) groups excluding carboxylic acids is 1. The molecule has 0 heterocycles. The van der Waals surface area contributed by atoms with Gasteiger partial charge in [0.1, 0.15) is 5.75 Å². The van der Waals surface area contributed by atoms with E-state index in [1.165, 1.54) is 7.11 Å². The Labute approximate surface area is 78.9 Å². The summed E-state index contributed by atoms with van der Waals surface area (Å²) in [5.74, 6) is -0.706. The summed E-state index contributed by atoms with van der Waals surface area (Å²) in [6.07, 6.45) is 0.263. The van der Waals surface area contributed by atoms with Gasteiger partial charge in [-0.3, -0.25) is 14.9 Å². The van der Waals surface area contributed by atoms with Crippen LogP contribution in [0.1, 0.15) is 10.4 Å². The van der Waals surface area contributed by atoms with Crippen molar-refractivity contribution in [3.63, 3.8) is 0 Å². The van der Waals surface area contributed by atoms with Crippen LogP contribution >= 0.6 is 0 Å². The van der Waals surface area contributed by atoms with Gasteiger partial charge in [-0.25, -0.2) is 0 Å². The van der Waals surface area contributed by atoms with E-state index >= 15 is 0 Å². The maximum absolute atomic E-state index is 11.1. The second kappa shape index (κ2) is 3.73. The zero-order valence-corrected chi connectivity index (χ0v) is 7.22. The number of hydrogen-bond acceptors (Lipinski definition) is 5. The van der Waals surface area contributed by atoms with Gasteiger partial charge in [0.25, 0.3) is 5.69 Å². The van der Waals surface area contributed by atoms with Gasteiger partial charge >= 0.3 is 0 Å². The van der Waals surface area contributed by atoms with Gasteiger partial charge in [-0.15, -0.1) is 0 Å². The summed E-state index contributed by atoms with van der Waals surface area (Å²) in [6, 6.07) is 1.82. The second-order valence-corrected chi connectivity index (χ2v) is 2.44. The smallest absolute Gasteiger partial charge is 0.283 e. The number of rotatable bonds is 3. The first kappa shape index (κ1) is 9.97. The standard InChI is InChI=1S/C8H7NO5/c1-14-8-3-6(9(12)13)5(4-10)2-7(8)11/h2-4,11H,1H3/p-1. The molecule has 0 unspecified atom stereocenters. The fourth-order valence-corrected chi connectivity index (χ4v) is 0.977. The average molecular weight is 196 g/mol. The number of nitro benzene ring substituents is 1. The molecule has 6 heteroatoms. The van der Waals surface area contributed by atoms with Crippen LogP contribution in [0.4, 0.5) is 5.69 Å². The van der Waals surface area contributed by atoms with Crippen LogP contribution in [-0.2, 0) is 0 Å². The SMILES string of the molecule is COc1cc([N+](=O)[O-])c(C=O)cc1[O-]. The Morgan fingerprint density at radius 2 is 2.14 bits per heavy atom. The predicted molar refractivity (Wildman–Crippen MR) is 44.5 cm³/mol. The van der Waals surface area contributed by atoms with Crippen molar-refractivity contribution in [2.75, 3.05) is 7.11 Å². The summed E-state index contributed by atoms with van der Waals surface area (Å²) in [6.45, 7) is 0. The van der Waals surface area contributed by atoms with Gasteiger partial charge in [0, 0.05) is 0 Å². The molecule has 1 aromatic rings. The highest BCUT2D eigenvalue weighted by atomic mass is 16.6. The second-order valence-electron chi connectivity index (χ2n) is 2.44. The number of nitrogens with zero attached hydrogens (tertiary/aromatic N) is 1. The van der Waals surface area contributed by atoms with Crippen molar-refractivity contribution in [3.8, 4) is 11.5 Å². The first-order chi connectivity index (χ1) is 6.60. The summed E-state index contributed by atoms with van der Waals surface area (Å²) < 4.78 is 4.60. The van der Waals surface area contributed by atoms with Gasteiger partial charge in [0.2, 0.25) is 0 Å². The number of ether oxygens (including phenoxy) is 1. The molecule has 0 aliphatic rings. The summed E-state index contributed by atoms with van der Waals surface area (Å²) >= 11 is 0. The molecule has 0 amide bonds. The van der Waals surface area contributed by atoms with E-state index in [4.69, 9.17) is 0 Å². The largest absolute Gasteiger partial charge is 0.870 e. The van der Waals surface area contributed by atoms with Crippen molar-refractivity contribution in [1.29, 1.82) is 0 Å². The van der Waals surface area contributed by atoms with Crippen LogP contribution in [0.5, 0.6) is 11.5 Å². The van der Waals surface area contributed by atoms with Gasteiger partial charge in [-0.1, -0.05) is 5.75 Å². The van der Waals surface area contributed by atoms with Gasteiger partial charge in [-0.2, -0.15) is 0 Å². The highest BCUT2D eigenvalue weighted by molar-refractivity contribution is 5.83. The van der Waals surface area contributed by atoms with E-state index in [9.17, 15) is 20.0 Å². The molecule has 0 aliphatic heterocycles. The molecule has 0 saturated carbocycles.